The predicted octanol–water partition coefficient (Wildman–Crippen LogP) is 3.37. The molecule has 0 spiro atoms. The zero-order chi connectivity index (χ0) is 16.8. The fourth-order valence-electron chi connectivity index (χ4n) is 2.21. The SMILES string of the molecule is CCCCCCCCCC[C@@H](COC(=O)[C@@H](C)O)OC(C)=O. The van der Waals surface area contributed by atoms with Gasteiger partial charge in [0, 0.05) is 6.92 Å². The van der Waals surface area contributed by atoms with Crippen molar-refractivity contribution in [2.75, 3.05) is 6.61 Å². The summed E-state index contributed by atoms with van der Waals surface area (Å²) in [5.41, 5.74) is 0. The molecule has 0 radical (unpaired) electrons. The van der Waals surface area contributed by atoms with Crippen LogP contribution in [0.3, 0.4) is 0 Å². The molecule has 130 valence electrons. The Morgan fingerprint density at radius 2 is 1.55 bits per heavy atom. The van der Waals surface area contributed by atoms with Crippen LogP contribution in [-0.2, 0) is 19.1 Å². The van der Waals surface area contributed by atoms with E-state index in [4.69, 9.17) is 14.6 Å². The van der Waals surface area contributed by atoms with E-state index in [1.54, 1.807) is 0 Å². The van der Waals surface area contributed by atoms with E-state index in [-0.39, 0.29) is 12.6 Å². The molecule has 0 heterocycles. The van der Waals surface area contributed by atoms with E-state index in [1.165, 1.54) is 52.4 Å². The van der Waals surface area contributed by atoms with Crippen LogP contribution in [0.1, 0.15) is 78.6 Å². The van der Waals surface area contributed by atoms with Crippen LogP contribution in [0.5, 0.6) is 0 Å². The van der Waals surface area contributed by atoms with Gasteiger partial charge in [-0.3, -0.25) is 4.79 Å². The number of unbranched alkanes of at least 4 members (excludes halogenated alkanes) is 7. The number of aliphatic hydroxyl groups excluding tert-OH is 1. The average molecular weight is 316 g/mol. The molecule has 0 rings (SSSR count). The molecule has 1 N–H and O–H groups in total. The van der Waals surface area contributed by atoms with Crippen LogP contribution < -0.4 is 0 Å². The first-order valence-electron chi connectivity index (χ1n) is 8.49. The van der Waals surface area contributed by atoms with Gasteiger partial charge in [-0.05, 0) is 19.8 Å². The number of carbonyl (C=O) groups is 2. The van der Waals surface area contributed by atoms with Gasteiger partial charge in [-0.25, -0.2) is 4.79 Å². The third-order valence-corrected chi connectivity index (χ3v) is 3.46. The van der Waals surface area contributed by atoms with Crippen LogP contribution in [0.4, 0.5) is 0 Å². The van der Waals surface area contributed by atoms with Gasteiger partial charge in [0.15, 0.2) is 0 Å². The maximum atomic E-state index is 11.2. The van der Waals surface area contributed by atoms with Crippen molar-refractivity contribution in [2.24, 2.45) is 0 Å². The summed E-state index contributed by atoms with van der Waals surface area (Å²) in [7, 11) is 0. The molecule has 0 bridgehead atoms. The largest absolute Gasteiger partial charge is 0.460 e. The van der Waals surface area contributed by atoms with E-state index in [9.17, 15) is 9.59 Å². The van der Waals surface area contributed by atoms with Crippen LogP contribution in [0, 0.1) is 0 Å². The van der Waals surface area contributed by atoms with Gasteiger partial charge in [0.1, 0.15) is 18.8 Å². The minimum absolute atomic E-state index is 0.0137. The second kappa shape index (κ2) is 13.6. The van der Waals surface area contributed by atoms with Gasteiger partial charge >= 0.3 is 11.9 Å². The molecule has 5 heteroatoms. The predicted molar refractivity (Wildman–Crippen MR) is 85.4 cm³/mol. The quantitative estimate of drug-likeness (QED) is 0.416. The van der Waals surface area contributed by atoms with E-state index in [0.29, 0.717) is 6.42 Å². The number of carbonyl (C=O) groups excluding carboxylic acids is 2. The third kappa shape index (κ3) is 12.6. The minimum atomic E-state index is -1.15. The Balaban J connectivity index is 3.80. The first kappa shape index (κ1) is 20.9. The Labute approximate surface area is 134 Å². The topological polar surface area (TPSA) is 72.8 Å². The maximum Gasteiger partial charge on any atom is 0.334 e. The zero-order valence-electron chi connectivity index (χ0n) is 14.3. The van der Waals surface area contributed by atoms with E-state index in [0.717, 1.165) is 12.8 Å². The number of hydrogen-bond acceptors (Lipinski definition) is 5. The second-order valence-electron chi connectivity index (χ2n) is 5.80. The lowest BCUT2D eigenvalue weighted by Crippen LogP contribution is -2.28. The smallest absolute Gasteiger partial charge is 0.334 e. The second-order valence-corrected chi connectivity index (χ2v) is 5.80. The molecule has 0 aliphatic carbocycles. The van der Waals surface area contributed by atoms with Crippen molar-refractivity contribution in [3.8, 4) is 0 Å². The Kier molecular flexibility index (Phi) is 12.9. The molecule has 0 amide bonds. The Bertz CT molecular complexity index is 301. The van der Waals surface area contributed by atoms with Gasteiger partial charge in [0.25, 0.3) is 0 Å². The summed E-state index contributed by atoms with van der Waals surface area (Å²) in [6, 6.07) is 0. The highest BCUT2D eigenvalue weighted by molar-refractivity contribution is 5.73. The molecule has 0 aromatic rings. The number of esters is 2. The first-order chi connectivity index (χ1) is 10.5. The van der Waals surface area contributed by atoms with Crippen LogP contribution in [-0.4, -0.2) is 35.9 Å². The van der Waals surface area contributed by atoms with Crippen molar-refractivity contribution in [1.29, 1.82) is 0 Å². The molecule has 0 saturated carbocycles. The lowest BCUT2D eigenvalue weighted by atomic mass is 10.1. The molecule has 0 aliphatic rings. The highest BCUT2D eigenvalue weighted by Gasteiger charge is 2.17. The first-order valence-corrected chi connectivity index (χ1v) is 8.49. The highest BCUT2D eigenvalue weighted by Crippen LogP contribution is 2.12. The van der Waals surface area contributed by atoms with E-state index in [1.807, 2.05) is 0 Å². The van der Waals surface area contributed by atoms with Crippen molar-refractivity contribution < 1.29 is 24.2 Å². The van der Waals surface area contributed by atoms with Crippen LogP contribution in [0.25, 0.3) is 0 Å². The number of hydrogen-bond donors (Lipinski definition) is 1. The van der Waals surface area contributed by atoms with Crippen LogP contribution >= 0.6 is 0 Å². The number of ether oxygens (including phenoxy) is 2. The normalized spacial score (nSPS) is 13.5. The summed E-state index contributed by atoms with van der Waals surface area (Å²) >= 11 is 0. The van der Waals surface area contributed by atoms with Gasteiger partial charge in [-0.15, -0.1) is 0 Å². The Morgan fingerprint density at radius 3 is 2.05 bits per heavy atom. The van der Waals surface area contributed by atoms with Crippen molar-refractivity contribution in [3.05, 3.63) is 0 Å². The van der Waals surface area contributed by atoms with Crippen molar-refractivity contribution in [2.45, 2.75) is 90.8 Å². The van der Waals surface area contributed by atoms with Crippen molar-refractivity contribution >= 4 is 11.9 Å². The molecule has 0 saturated heterocycles. The van der Waals surface area contributed by atoms with Crippen molar-refractivity contribution in [1.82, 2.24) is 0 Å². The summed E-state index contributed by atoms with van der Waals surface area (Å²) in [5.74, 6) is -1.06. The summed E-state index contributed by atoms with van der Waals surface area (Å²) < 4.78 is 10.1. The van der Waals surface area contributed by atoms with Crippen LogP contribution in [0.15, 0.2) is 0 Å². The monoisotopic (exact) mass is 316 g/mol. The van der Waals surface area contributed by atoms with Crippen molar-refractivity contribution in [3.63, 3.8) is 0 Å². The van der Waals surface area contributed by atoms with Crippen LogP contribution in [0.2, 0.25) is 0 Å². The van der Waals surface area contributed by atoms with Gasteiger partial charge in [0.05, 0.1) is 0 Å². The Morgan fingerprint density at radius 1 is 1.00 bits per heavy atom. The average Bonchev–Trinajstić information content (AvgIpc) is 2.46. The van der Waals surface area contributed by atoms with Gasteiger partial charge in [-0.2, -0.15) is 0 Å². The molecule has 0 fully saturated rings. The highest BCUT2D eigenvalue weighted by atomic mass is 16.6. The third-order valence-electron chi connectivity index (χ3n) is 3.46. The Hall–Kier alpha value is -1.10. The molecule has 0 unspecified atom stereocenters. The van der Waals surface area contributed by atoms with Gasteiger partial charge < -0.3 is 14.6 Å². The molecule has 0 aliphatic heterocycles. The molecule has 22 heavy (non-hydrogen) atoms. The summed E-state index contributed by atoms with van der Waals surface area (Å²) in [4.78, 5) is 22.3. The number of rotatable bonds is 13. The molecule has 0 aromatic carbocycles. The lowest BCUT2D eigenvalue weighted by molar-refractivity contribution is -0.162. The fourth-order valence-corrected chi connectivity index (χ4v) is 2.21. The minimum Gasteiger partial charge on any atom is -0.460 e. The maximum absolute atomic E-state index is 11.2. The molecule has 2 atom stereocenters. The van der Waals surface area contributed by atoms with Gasteiger partial charge in [0.2, 0.25) is 0 Å². The fraction of sp³-hybridized carbons (Fsp3) is 0.882. The summed E-state index contributed by atoms with van der Waals surface area (Å²) in [6.07, 6.45) is 8.74. The van der Waals surface area contributed by atoms with E-state index >= 15 is 0 Å². The number of aliphatic hydroxyl groups is 1. The molecule has 5 nitrogen and oxygen atoms in total. The molecular formula is C17H32O5. The van der Waals surface area contributed by atoms with E-state index in [2.05, 4.69) is 6.92 Å². The summed E-state index contributed by atoms with van der Waals surface area (Å²) in [6.45, 7) is 4.91. The lowest BCUT2D eigenvalue weighted by Gasteiger charge is -2.17. The standard InChI is InChI=1S/C17H32O5/c1-4-5-6-7-8-9-10-11-12-16(22-15(3)19)13-21-17(20)14(2)18/h14,16,18H,4-13H2,1-3H3/t14-,16+/m1/s1. The molecule has 0 aromatic heterocycles. The van der Waals surface area contributed by atoms with Gasteiger partial charge in [-0.1, -0.05) is 51.9 Å². The van der Waals surface area contributed by atoms with E-state index < -0.39 is 18.2 Å². The summed E-state index contributed by atoms with van der Waals surface area (Å²) in [5, 5.41) is 9.07. The molecular weight excluding hydrogens is 284 g/mol. The zero-order valence-corrected chi connectivity index (χ0v) is 14.3.